The first kappa shape index (κ1) is 17.7. The molecule has 3 rings (SSSR count). The molecule has 3 heterocycles. The molecule has 9 heteroatoms. The van der Waals surface area contributed by atoms with Crippen LogP contribution in [-0.2, 0) is 6.18 Å². The average molecular weight is 354 g/mol. The molecular weight excluding hydrogens is 333 g/mol. The summed E-state index contributed by atoms with van der Waals surface area (Å²) in [5, 5.41) is 14.4. The number of likely N-dealkylation sites (tertiary alicyclic amines) is 1. The lowest BCUT2D eigenvalue weighted by Gasteiger charge is -2.32. The van der Waals surface area contributed by atoms with Crippen LogP contribution in [0.2, 0.25) is 0 Å². The highest BCUT2D eigenvalue weighted by Crippen LogP contribution is 2.30. The third-order valence-electron chi connectivity index (χ3n) is 4.66. The molecule has 1 aliphatic rings. The quantitative estimate of drug-likeness (QED) is 0.856. The van der Waals surface area contributed by atoms with Gasteiger partial charge in [-0.25, -0.2) is 0 Å². The van der Waals surface area contributed by atoms with Crippen molar-refractivity contribution in [3.8, 4) is 0 Å². The lowest BCUT2D eigenvalue weighted by atomic mass is 10.0. The fourth-order valence-electron chi connectivity index (χ4n) is 3.08. The number of nitrogens with zero attached hydrogens (tertiary/aromatic N) is 5. The van der Waals surface area contributed by atoms with E-state index in [0.717, 1.165) is 42.6 Å². The topological polar surface area (TPSA) is 58.4 Å². The zero-order valence-corrected chi connectivity index (χ0v) is 14.3. The number of hydrogen-bond donors (Lipinski definition) is 1. The van der Waals surface area contributed by atoms with Gasteiger partial charge in [-0.15, -0.1) is 21.9 Å². The summed E-state index contributed by atoms with van der Waals surface area (Å²) in [6.45, 7) is 10.0. The summed E-state index contributed by atoms with van der Waals surface area (Å²) < 4.78 is 40.1. The number of nitrogens with one attached hydrogen (secondary N) is 1. The Balaban J connectivity index is 1.87. The number of hydrogen-bond acceptors (Lipinski definition) is 5. The predicted molar refractivity (Wildman–Crippen MR) is 88.5 cm³/mol. The summed E-state index contributed by atoms with van der Waals surface area (Å²) in [5.74, 6) is -0.646. The molecule has 0 radical (unpaired) electrons. The van der Waals surface area contributed by atoms with Crippen molar-refractivity contribution in [2.75, 3.05) is 25.0 Å². The van der Waals surface area contributed by atoms with Gasteiger partial charge in [0, 0.05) is 31.2 Å². The van der Waals surface area contributed by atoms with E-state index in [-0.39, 0.29) is 11.7 Å². The van der Waals surface area contributed by atoms with Crippen molar-refractivity contribution in [2.24, 2.45) is 0 Å². The second-order valence-corrected chi connectivity index (χ2v) is 6.36. The monoisotopic (exact) mass is 354 g/mol. The molecule has 0 aliphatic carbocycles. The average Bonchev–Trinajstić information content (AvgIpc) is 2.98. The third kappa shape index (κ3) is 3.46. The minimum Gasteiger partial charge on any atom is -0.366 e. The van der Waals surface area contributed by atoms with Gasteiger partial charge >= 0.3 is 6.18 Å². The summed E-state index contributed by atoms with van der Waals surface area (Å²) in [7, 11) is 0. The normalized spacial score (nSPS) is 17.2. The number of anilines is 1. The van der Waals surface area contributed by atoms with E-state index in [1.165, 1.54) is 0 Å². The van der Waals surface area contributed by atoms with Gasteiger partial charge in [-0.1, -0.05) is 6.08 Å². The largest absolute Gasteiger partial charge is 0.453 e. The molecule has 136 valence electrons. The van der Waals surface area contributed by atoms with Crippen LogP contribution in [0.3, 0.4) is 0 Å². The maximum atomic E-state index is 13.1. The van der Waals surface area contributed by atoms with Gasteiger partial charge in [0.05, 0.1) is 0 Å². The molecule has 25 heavy (non-hydrogen) atoms. The summed E-state index contributed by atoms with van der Waals surface area (Å²) >= 11 is 0. The Morgan fingerprint density at radius 1 is 1.20 bits per heavy atom. The number of piperidine rings is 1. The fourth-order valence-corrected chi connectivity index (χ4v) is 3.08. The lowest BCUT2D eigenvalue weighted by molar-refractivity contribution is -0.146. The summed E-state index contributed by atoms with van der Waals surface area (Å²) in [6.07, 6.45) is -0.913. The van der Waals surface area contributed by atoms with E-state index in [9.17, 15) is 13.2 Å². The van der Waals surface area contributed by atoms with Gasteiger partial charge in [0.2, 0.25) is 0 Å². The third-order valence-corrected chi connectivity index (χ3v) is 4.66. The van der Waals surface area contributed by atoms with Crippen molar-refractivity contribution in [1.29, 1.82) is 0 Å². The minimum absolute atomic E-state index is 0.135. The first-order valence-corrected chi connectivity index (χ1v) is 8.21. The van der Waals surface area contributed by atoms with Gasteiger partial charge in [-0.05, 0) is 32.3 Å². The van der Waals surface area contributed by atoms with E-state index in [0.29, 0.717) is 11.4 Å². The molecule has 1 N–H and O–H groups in total. The predicted octanol–water partition coefficient (Wildman–Crippen LogP) is 2.82. The second kappa shape index (κ2) is 6.62. The summed E-state index contributed by atoms with van der Waals surface area (Å²) in [5.41, 5.74) is 1.57. The Labute approximate surface area is 143 Å². The van der Waals surface area contributed by atoms with Crippen molar-refractivity contribution in [3.05, 3.63) is 29.6 Å². The van der Waals surface area contributed by atoms with Crippen molar-refractivity contribution in [3.63, 3.8) is 0 Å². The number of alkyl halides is 3. The molecule has 2 aromatic heterocycles. The Morgan fingerprint density at radius 3 is 2.48 bits per heavy atom. The Morgan fingerprint density at radius 2 is 1.88 bits per heavy atom. The zero-order chi connectivity index (χ0) is 18.2. The van der Waals surface area contributed by atoms with Gasteiger partial charge < -0.3 is 5.32 Å². The van der Waals surface area contributed by atoms with E-state index in [4.69, 9.17) is 0 Å². The molecule has 0 saturated carbocycles. The van der Waals surface area contributed by atoms with E-state index < -0.39 is 12.0 Å². The summed E-state index contributed by atoms with van der Waals surface area (Å²) in [4.78, 5) is 2.29. The Hall–Kier alpha value is -2.16. The zero-order valence-electron chi connectivity index (χ0n) is 14.3. The van der Waals surface area contributed by atoms with Crippen LogP contribution in [0.4, 0.5) is 19.0 Å². The first-order chi connectivity index (χ1) is 11.8. The van der Waals surface area contributed by atoms with E-state index in [2.05, 4.69) is 32.1 Å². The van der Waals surface area contributed by atoms with Crippen LogP contribution in [0, 0.1) is 13.8 Å². The molecule has 1 fully saturated rings. The van der Waals surface area contributed by atoms with Crippen molar-refractivity contribution >= 4 is 11.5 Å². The van der Waals surface area contributed by atoms with Crippen LogP contribution in [0.5, 0.6) is 0 Å². The molecule has 2 aromatic rings. The van der Waals surface area contributed by atoms with Crippen LogP contribution in [0.1, 0.15) is 29.8 Å². The van der Waals surface area contributed by atoms with E-state index in [1.54, 1.807) is 6.92 Å². The minimum atomic E-state index is -4.60. The standard InChI is InChI=1S/C16H21F3N6/c1-4-7-24-8-5-12(6-9-24)20-13-10(2)11(3)14-21-22-15(16(17,18)19)25(14)23-13/h4,12H,1,5-9H2,2-3H3,(H,20,23). The second-order valence-electron chi connectivity index (χ2n) is 6.36. The van der Waals surface area contributed by atoms with Crippen LogP contribution in [0.15, 0.2) is 12.7 Å². The lowest BCUT2D eigenvalue weighted by Crippen LogP contribution is -2.39. The van der Waals surface area contributed by atoms with Crippen LogP contribution < -0.4 is 5.32 Å². The molecule has 0 atom stereocenters. The first-order valence-electron chi connectivity index (χ1n) is 8.21. The van der Waals surface area contributed by atoms with Crippen LogP contribution in [0.25, 0.3) is 5.65 Å². The smallest absolute Gasteiger partial charge is 0.366 e. The molecule has 0 unspecified atom stereocenters. The fraction of sp³-hybridized carbons (Fsp3) is 0.562. The molecule has 1 saturated heterocycles. The summed E-state index contributed by atoms with van der Waals surface area (Å²) in [6, 6.07) is 0.176. The Bertz CT molecular complexity index is 774. The number of aryl methyl sites for hydroxylation is 1. The number of rotatable bonds is 4. The van der Waals surface area contributed by atoms with Crippen molar-refractivity contribution < 1.29 is 13.2 Å². The van der Waals surface area contributed by atoms with Gasteiger partial charge in [0.1, 0.15) is 0 Å². The number of halogens is 3. The van der Waals surface area contributed by atoms with Crippen molar-refractivity contribution in [1.82, 2.24) is 24.7 Å². The molecule has 0 bridgehead atoms. The maximum Gasteiger partial charge on any atom is 0.453 e. The molecule has 1 aliphatic heterocycles. The van der Waals surface area contributed by atoms with E-state index >= 15 is 0 Å². The highest BCUT2D eigenvalue weighted by molar-refractivity contribution is 5.58. The molecule has 0 spiro atoms. The van der Waals surface area contributed by atoms with Gasteiger partial charge in [-0.3, -0.25) is 4.90 Å². The highest BCUT2D eigenvalue weighted by Gasteiger charge is 2.38. The molecule has 0 aromatic carbocycles. The van der Waals surface area contributed by atoms with Gasteiger partial charge in [0.25, 0.3) is 5.82 Å². The van der Waals surface area contributed by atoms with Crippen LogP contribution in [-0.4, -0.2) is 50.4 Å². The van der Waals surface area contributed by atoms with Crippen LogP contribution >= 0.6 is 0 Å². The molecule has 6 nitrogen and oxygen atoms in total. The van der Waals surface area contributed by atoms with Crippen molar-refractivity contribution in [2.45, 2.75) is 38.9 Å². The number of aromatic nitrogens is 4. The Kier molecular flexibility index (Phi) is 4.68. The van der Waals surface area contributed by atoms with Gasteiger partial charge in [-0.2, -0.15) is 17.7 Å². The van der Waals surface area contributed by atoms with Gasteiger partial charge in [0.15, 0.2) is 11.5 Å². The SMILES string of the molecule is C=CCN1CCC(Nc2nn3c(C(F)(F)F)nnc3c(C)c2C)CC1. The van der Waals surface area contributed by atoms with E-state index in [1.807, 2.05) is 13.0 Å². The molecule has 0 amide bonds. The maximum absolute atomic E-state index is 13.1. The highest BCUT2D eigenvalue weighted by atomic mass is 19.4. The molecular formula is C16H21F3N6. The number of fused-ring (bicyclic) bond motifs is 1.